The quantitative estimate of drug-likeness (QED) is 0.600. The highest BCUT2D eigenvalue weighted by molar-refractivity contribution is 7.15. The first-order valence-electron chi connectivity index (χ1n) is 8.07. The Bertz CT molecular complexity index is 1160. The average Bonchev–Trinajstić information content (AvgIpc) is 3.09. The molecule has 6 heteroatoms. The van der Waals surface area contributed by atoms with E-state index >= 15 is 0 Å². The molecule has 0 fully saturated rings. The van der Waals surface area contributed by atoms with Gasteiger partial charge in [0.1, 0.15) is 5.56 Å². The number of carbonyl (C=O) groups excluding carboxylic acids is 1. The summed E-state index contributed by atoms with van der Waals surface area (Å²) in [4.78, 5) is 30.5. The number of nitrogens with one attached hydrogen (secondary N) is 1. The predicted molar refractivity (Wildman–Crippen MR) is 104 cm³/mol. The Kier molecular flexibility index (Phi) is 4.10. The summed E-state index contributed by atoms with van der Waals surface area (Å²) in [6.07, 6.45) is 1.34. The monoisotopic (exact) mass is 361 g/mol. The molecule has 4 rings (SSSR count). The predicted octanol–water partition coefficient (Wildman–Crippen LogP) is 3.98. The van der Waals surface area contributed by atoms with Crippen molar-refractivity contribution in [2.75, 3.05) is 5.32 Å². The number of fused-ring (bicyclic) bond motifs is 1. The summed E-state index contributed by atoms with van der Waals surface area (Å²) in [6, 6.07) is 17.0. The number of anilines is 1. The van der Waals surface area contributed by atoms with Crippen molar-refractivity contribution < 1.29 is 4.79 Å². The van der Waals surface area contributed by atoms with Crippen molar-refractivity contribution in [3.63, 3.8) is 0 Å². The maximum Gasteiger partial charge on any atom is 0.271 e. The Hall–Kier alpha value is -3.25. The van der Waals surface area contributed by atoms with Gasteiger partial charge in [-0.1, -0.05) is 48.5 Å². The first-order valence-corrected chi connectivity index (χ1v) is 8.95. The van der Waals surface area contributed by atoms with E-state index in [0.29, 0.717) is 10.6 Å². The highest BCUT2D eigenvalue weighted by Crippen LogP contribution is 2.23. The highest BCUT2D eigenvalue weighted by atomic mass is 32.1. The molecule has 0 saturated heterocycles. The lowest BCUT2D eigenvalue weighted by atomic mass is 10.2. The molecule has 128 valence electrons. The number of amides is 1. The lowest BCUT2D eigenvalue weighted by molar-refractivity contribution is 0.102. The van der Waals surface area contributed by atoms with Gasteiger partial charge in [0.25, 0.3) is 11.5 Å². The Morgan fingerprint density at radius 2 is 1.81 bits per heavy atom. The number of nitrogens with zero attached hydrogens (tertiary/aromatic N) is 2. The number of thiazole rings is 1. The summed E-state index contributed by atoms with van der Waals surface area (Å²) in [5, 5.41) is 4.67. The third kappa shape index (κ3) is 2.80. The lowest BCUT2D eigenvalue weighted by Crippen LogP contribution is -2.26. The van der Waals surface area contributed by atoms with E-state index in [1.54, 1.807) is 6.07 Å². The summed E-state index contributed by atoms with van der Waals surface area (Å²) in [5.74, 6) is -0.462. The van der Waals surface area contributed by atoms with Crippen LogP contribution < -0.4 is 10.9 Å². The van der Waals surface area contributed by atoms with E-state index in [1.165, 1.54) is 21.9 Å². The van der Waals surface area contributed by atoms with Gasteiger partial charge in [-0.05, 0) is 24.1 Å². The lowest BCUT2D eigenvalue weighted by Gasteiger charge is -2.08. The molecule has 0 saturated carbocycles. The van der Waals surface area contributed by atoms with Gasteiger partial charge in [0.05, 0.1) is 5.69 Å². The molecule has 0 radical (unpaired) electrons. The maximum atomic E-state index is 13.0. The topological polar surface area (TPSA) is 63.5 Å². The fourth-order valence-electron chi connectivity index (χ4n) is 2.76. The minimum absolute atomic E-state index is 0.0151. The first-order chi connectivity index (χ1) is 12.6. The van der Waals surface area contributed by atoms with Crippen molar-refractivity contribution in [2.24, 2.45) is 0 Å². The van der Waals surface area contributed by atoms with Gasteiger partial charge in [-0.2, -0.15) is 0 Å². The SMILES string of the molecule is Cc1ccccc1NC(=O)c1cnc2scc(-c3ccccc3)n2c1=O. The van der Waals surface area contributed by atoms with Crippen LogP contribution in [-0.4, -0.2) is 15.3 Å². The molecule has 2 aromatic heterocycles. The minimum atomic E-state index is -0.462. The van der Waals surface area contributed by atoms with E-state index in [-0.39, 0.29) is 11.1 Å². The highest BCUT2D eigenvalue weighted by Gasteiger charge is 2.17. The molecule has 0 aliphatic carbocycles. The molecule has 26 heavy (non-hydrogen) atoms. The molecule has 0 aliphatic rings. The molecule has 0 spiro atoms. The number of aryl methyl sites for hydroxylation is 1. The number of rotatable bonds is 3. The second kappa shape index (κ2) is 6.57. The third-order valence-corrected chi connectivity index (χ3v) is 4.99. The molecule has 5 nitrogen and oxygen atoms in total. The summed E-state index contributed by atoms with van der Waals surface area (Å²) in [6.45, 7) is 1.90. The van der Waals surface area contributed by atoms with Crippen LogP contribution in [0, 0.1) is 6.92 Å². The molecule has 0 atom stereocenters. The van der Waals surface area contributed by atoms with E-state index in [9.17, 15) is 9.59 Å². The zero-order valence-corrected chi connectivity index (χ0v) is 14.8. The zero-order chi connectivity index (χ0) is 18.1. The van der Waals surface area contributed by atoms with Crippen molar-refractivity contribution in [3.8, 4) is 11.3 Å². The summed E-state index contributed by atoms with van der Waals surface area (Å²) in [5.41, 5.74) is 2.88. The molecule has 0 unspecified atom stereocenters. The number of hydrogen-bond donors (Lipinski definition) is 1. The van der Waals surface area contributed by atoms with E-state index < -0.39 is 5.91 Å². The van der Waals surface area contributed by atoms with Crippen molar-refractivity contribution >= 4 is 27.9 Å². The Labute approximate surface area is 153 Å². The van der Waals surface area contributed by atoms with Crippen LogP contribution in [0.25, 0.3) is 16.2 Å². The Morgan fingerprint density at radius 1 is 1.08 bits per heavy atom. The maximum absolute atomic E-state index is 13.0. The van der Waals surface area contributed by atoms with Crippen LogP contribution in [0.5, 0.6) is 0 Å². The van der Waals surface area contributed by atoms with Gasteiger partial charge in [-0.3, -0.25) is 14.0 Å². The van der Waals surface area contributed by atoms with E-state index in [0.717, 1.165) is 16.8 Å². The smallest absolute Gasteiger partial charge is 0.271 e. The number of hydrogen-bond acceptors (Lipinski definition) is 4. The van der Waals surface area contributed by atoms with Gasteiger partial charge < -0.3 is 5.32 Å². The van der Waals surface area contributed by atoms with Gasteiger partial charge in [-0.15, -0.1) is 11.3 Å². The van der Waals surface area contributed by atoms with E-state index in [1.807, 2.05) is 60.8 Å². The third-order valence-electron chi connectivity index (χ3n) is 4.15. The van der Waals surface area contributed by atoms with Crippen LogP contribution in [-0.2, 0) is 0 Å². The normalized spacial score (nSPS) is 10.8. The van der Waals surface area contributed by atoms with Crippen LogP contribution in [0.3, 0.4) is 0 Å². The fourth-order valence-corrected chi connectivity index (χ4v) is 3.62. The van der Waals surface area contributed by atoms with Gasteiger partial charge >= 0.3 is 0 Å². The minimum Gasteiger partial charge on any atom is -0.322 e. The number of para-hydroxylation sites is 1. The number of aromatic nitrogens is 2. The van der Waals surface area contributed by atoms with Crippen LogP contribution in [0.4, 0.5) is 5.69 Å². The van der Waals surface area contributed by atoms with Crippen molar-refractivity contribution in [1.82, 2.24) is 9.38 Å². The molecule has 0 aliphatic heterocycles. The van der Waals surface area contributed by atoms with Crippen LogP contribution in [0.15, 0.2) is 71.0 Å². The average molecular weight is 361 g/mol. The molecule has 2 heterocycles. The van der Waals surface area contributed by atoms with Gasteiger partial charge in [0, 0.05) is 17.3 Å². The second-order valence-electron chi connectivity index (χ2n) is 5.85. The van der Waals surface area contributed by atoms with Gasteiger partial charge in [0.15, 0.2) is 4.96 Å². The number of carbonyl (C=O) groups is 1. The molecule has 2 aromatic carbocycles. The summed E-state index contributed by atoms with van der Waals surface area (Å²) in [7, 11) is 0. The molecule has 4 aromatic rings. The number of benzene rings is 2. The van der Waals surface area contributed by atoms with Crippen molar-refractivity contribution in [3.05, 3.63) is 87.7 Å². The van der Waals surface area contributed by atoms with Crippen LogP contribution >= 0.6 is 11.3 Å². The van der Waals surface area contributed by atoms with Crippen LogP contribution in [0.2, 0.25) is 0 Å². The van der Waals surface area contributed by atoms with E-state index in [4.69, 9.17) is 0 Å². The molecular weight excluding hydrogens is 346 g/mol. The van der Waals surface area contributed by atoms with Crippen molar-refractivity contribution in [2.45, 2.75) is 6.92 Å². The second-order valence-corrected chi connectivity index (χ2v) is 6.69. The zero-order valence-electron chi connectivity index (χ0n) is 14.0. The molecular formula is C20H15N3O2S. The van der Waals surface area contributed by atoms with Gasteiger partial charge in [0.2, 0.25) is 0 Å². The van der Waals surface area contributed by atoms with Gasteiger partial charge in [-0.25, -0.2) is 4.98 Å². The fraction of sp³-hybridized carbons (Fsp3) is 0.0500. The Balaban J connectivity index is 1.80. The summed E-state index contributed by atoms with van der Waals surface area (Å²) < 4.78 is 1.49. The molecule has 0 bridgehead atoms. The molecule has 1 amide bonds. The Morgan fingerprint density at radius 3 is 2.58 bits per heavy atom. The largest absolute Gasteiger partial charge is 0.322 e. The molecule has 1 N–H and O–H groups in total. The first kappa shape index (κ1) is 16.2. The van der Waals surface area contributed by atoms with E-state index in [2.05, 4.69) is 10.3 Å². The standard InChI is InChI=1S/C20H15N3O2S/c1-13-7-5-6-10-16(13)22-18(24)15-11-21-20-23(19(15)25)17(12-26-20)14-8-3-2-4-9-14/h2-12H,1H3,(H,22,24). The van der Waals surface area contributed by atoms with Crippen molar-refractivity contribution in [1.29, 1.82) is 0 Å². The van der Waals surface area contributed by atoms with Crippen LogP contribution in [0.1, 0.15) is 15.9 Å². The summed E-state index contributed by atoms with van der Waals surface area (Å²) >= 11 is 1.37.